The fourth-order valence-corrected chi connectivity index (χ4v) is 2.77. The highest BCUT2D eigenvalue weighted by Crippen LogP contribution is 2.22. The molecule has 116 valence electrons. The van der Waals surface area contributed by atoms with Crippen molar-refractivity contribution in [3.05, 3.63) is 42.0 Å². The molecule has 2 N–H and O–H groups in total. The summed E-state index contributed by atoms with van der Waals surface area (Å²) in [7, 11) is 0. The Morgan fingerprint density at radius 2 is 1.95 bits per heavy atom. The van der Waals surface area contributed by atoms with Crippen LogP contribution in [-0.2, 0) is 0 Å². The molecule has 0 bridgehead atoms. The molecule has 0 aromatic heterocycles. The van der Waals surface area contributed by atoms with Crippen molar-refractivity contribution < 1.29 is 5.11 Å². The fourth-order valence-electron chi connectivity index (χ4n) is 2.77. The zero-order valence-electron chi connectivity index (χ0n) is 13.3. The van der Waals surface area contributed by atoms with E-state index in [9.17, 15) is 5.11 Å². The first kappa shape index (κ1) is 16.1. The molecule has 1 heterocycles. The van der Waals surface area contributed by atoms with Gasteiger partial charge in [0.1, 0.15) is 0 Å². The van der Waals surface area contributed by atoms with Crippen LogP contribution < -0.4 is 10.2 Å². The van der Waals surface area contributed by atoms with Crippen molar-refractivity contribution in [2.45, 2.75) is 45.3 Å². The second-order valence-electron chi connectivity index (χ2n) is 5.84. The predicted molar refractivity (Wildman–Crippen MR) is 89.7 cm³/mol. The van der Waals surface area contributed by atoms with Gasteiger partial charge in [0, 0.05) is 24.8 Å². The highest BCUT2D eigenvalue weighted by molar-refractivity contribution is 5.48. The zero-order chi connectivity index (χ0) is 15.1. The van der Waals surface area contributed by atoms with Gasteiger partial charge >= 0.3 is 0 Å². The van der Waals surface area contributed by atoms with E-state index < -0.39 is 0 Å². The van der Waals surface area contributed by atoms with E-state index in [0.29, 0.717) is 6.04 Å². The van der Waals surface area contributed by atoms with Crippen molar-refractivity contribution in [2.24, 2.45) is 0 Å². The Morgan fingerprint density at radius 3 is 2.57 bits per heavy atom. The number of aliphatic hydroxyl groups is 1. The topological polar surface area (TPSA) is 35.5 Å². The Hall–Kier alpha value is -1.32. The molecule has 2 rings (SSSR count). The van der Waals surface area contributed by atoms with Gasteiger partial charge in [0.05, 0.1) is 6.10 Å². The van der Waals surface area contributed by atoms with Gasteiger partial charge in [-0.3, -0.25) is 0 Å². The highest BCUT2D eigenvalue weighted by Gasteiger charge is 2.17. The molecule has 21 heavy (non-hydrogen) atoms. The van der Waals surface area contributed by atoms with Crippen molar-refractivity contribution in [1.29, 1.82) is 0 Å². The Morgan fingerprint density at radius 1 is 1.29 bits per heavy atom. The monoisotopic (exact) mass is 288 g/mol. The number of nitrogens with zero attached hydrogens (tertiary/aromatic N) is 1. The number of hydrogen-bond acceptors (Lipinski definition) is 3. The maximum atomic E-state index is 9.57. The van der Waals surface area contributed by atoms with E-state index in [1.807, 2.05) is 0 Å². The molecular formula is C18H28N2O. The molecule has 1 aliphatic rings. The minimum Gasteiger partial charge on any atom is -0.393 e. The van der Waals surface area contributed by atoms with Crippen LogP contribution in [0.4, 0.5) is 5.69 Å². The van der Waals surface area contributed by atoms with E-state index in [1.54, 1.807) is 0 Å². The van der Waals surface area contributed by atoms with Gasteiger partial charge in [-0.25, -0.2) is 0 Å². The second-order valence-corrected chi connectivity index (χ2v) is 5.84. The van der Waals surface area contributed by atoms with Crippen LogP contribution in [0.5, 0.6) is 0 Å². The summed E-state index contributed by atoms with van der Waals surface area (Å²) in [4.78, 5) is 2.36. The van der Waals surface area contributed by atoms with E-state index in [2.05, 4.69) is 60.5 Å². The minimum atomic E-state index is -0.109. The van der Waals surface area contributed by atoms with Crippen molar-refractivity contribution in [3.8, 4) is 0 Å². The molecule has 1 unspecified atom stereocenters. The van der Waals surface area contributed by atoms with Gasteiger partial charge in [-0.15, -0.1) is 0 Å². The Labute approximate surface area is 128 Å². The molecule has 1 aliphatic heterocycles. The van der Waals surface area contributed by atoms with Gasteiger partial charge in [0.2, 0.25) is 0 Å². The van der Waals surface area contributed by atoms with Gasteiger partial charge in [-0.1, -0.05) is 24.3 Å². The summed E-state index contributed by atoms with van der Waals surface area (Å²) in [6.45, 7) is 7.19. The molecular weight excluding hydrogens is 260 g/mol. The zero-order valence-corrected chi connectivity index (χ0v) is 13.3. The van der Waals surface area contributed by atoms with Crippen LogP contribution in [0.1, 0.15) is 44.7 Å². The molecule has 1 saturated heterocycles. The summed E-state index contributed by atoms with van der Waals surface area (Å²) in [5.41, 5.74) is 2.60. The van der Waals surface area contributed by atoms with Crippen LogP contribution in [0.15, 0.2) is 36.4 Å². The van der Waals surface area contributed by atoms with E-state index in [1.165, 1.54) is 11.3 Å². The van der Waals surface area contributed by atoms with Gasteiger partial charge in [0.15, 0.2) is 0 Å². The Kier molecular flexibility index (Phi) is 6.27. The molecule has 3 nitrogen and oxygen atoms in total. The molecule has 1 atom stereocenters. The van der Waals surface area contributed by atoms with Crippen molar-refractivity contribution >= 4 is 5.69 Å². The van der Waals surface area contributed by atoms with Crippen LogP contribution in [0, 0.1) is 0 Å². The lowest BCUT2D eigenvalue weighted by Gasteiger charge is -2.31. The minimum absolute atomic E-state index is 0.109. The van der Waals surface area contributed by atoms with Crippen molar-refractivity contribution in [1.82, 2.24) is 5.32 Å². The number of piperidine rings is 1. The summed E-state index contributed by atoms with van der Waals surface area (Å²) >= 11 is 0. The maximum absolute atomic E-state index is 9.57. The molecule has 3 heteroatoms. The molecule has 0 aliphatic carbocycles. The number of benzene rings is 1. The Bertz CT molecular complexity index is 433. The van der Waals surface area contributed by atoms with E-state index in [4.69, 9.17) is 0 Å². The summed E-state index contributed by atoms with van der Waals surface area (Å²) < 4.78 is 0. The van der Waals surface area contributed by atoms with Crippen molar-refractivity contribution in [3.63, 3.8) is 0 Å². The van der Waals surface area contributed by atoms with Gasteiger partial charge < -0.3 is 15.3 Å². The van der Waals surface area contributed by atoms with Gasteiger partial charge in [0.25, 0.3) is 0 Å². The van der Waals surface area contributed by atoms with Gasteiger partial charge in [-0.05, 0) is 57.4 Å². The number of rotatable bonds is 6. The quantitative estimate of drug-likeness (QED) is 0.623. The third kappa shape index (κ3) is 4.87. The molecule has 0 spiro atoms. The molecule has 1 aromatic carbocycles. The number of allylic oxidation sites excluding steroid dienone is 1. The number of nitrogens with one attached hydrogen (secondary N) is 1. The van der Waals surface area contributed by atoms with Gasteiger partial charge in [-0.2, -0.15) is 0 Å². The first-order valence-electron chi connectivity index (χ1n) is 8.08. The van der Waals surface area contributed by atoms with Crippen molar-refractivity contribution in [2.75, 3.05) is 24.5 Å². The summed E-state index contributed by atoms with van der Waals surface area (Å²) in [6, 6.07) is 9.22. The number of anilines is 1. The van der Waals surface area contributed by atoms with Crippen LogP contribution in [-0.4, -0.2) is 30.8 Å². The fraction of sp³-hybridized carbons (Fsp3) is 0.556. The summed E-state index contributed by atoms with van der Waals surface area (Å²) in [5.74, 6) is 0. The van der Waals surface area contributed by atoms with E-state index in [0.717, 1.165) is 38.9 Å². The molecule has 1 fully saturated rings. The molecule has 1 aromatic rings. The Balaban J connectivity index is 1.86. The predicted octanol–water partition coefficient (Wildman–Crippen LogP) is 3.26. The van der Waals surface area contributed by atoms with Crippen LogP contribution >= 0.6 is 0 Å². The van der Waals surface area contributed by atoms with E-state index in [-0.39, 0.29) is 6.10 Å². The highest BCUT2D eigenvalue weighted by atomic mass is 16.3. The summed E-state index contributed by atoms with van der Waals surface area (Å²) in [5, 5.41) is 13.1. The largest absolute Gasteiger partial charge is 0.393 e. The third-order valence-corrected chi connectivity index (χ3v) is 4.22. The second kappa shape index (κ2) is 8.20. The number of hydrogen-bond donors (Lipinski definition) is 2. The number of aliphatic hydroxyl groups excluding tert-OH is 1. The first-order chi connectivity index (χ1) is 10.2. The lowest BCUT2D eigenvalue weighted by atomic mass is 10.0. The SMILES string of the molecule is C/C=C/CCNC(C)c1ccc(N2CCC(O)CC2)cc1. The molecule has 0 saturated carbocycles. The normalized spacial score (nSPS) is 18.3. The molecule has 0 radical (unpaired) electrons. The lowest BCUT2D eigenvalue weighted by Crippen LogP contribution is -2.35. The average molecular weight is 288 g/mol. The maximum Gasteiger partial charge on any atom is 0.0574 e. The van der Waals surface area contributed by atoms with Crippen LogP contribution in [0.3, 0.4) is 0 Å². The molecule has 0 amide bonds. The van der Waals surface area contributed by atoms with Crippen LogP contribution in [0.2, 0.25) is 0 Å². The third-order valence-electron chi connectivity index (χ3n) is 4.22. The lowest BCUT2D eigenvalue weighted by molar-refractivity contribution is 0.145. The average Bonchev–Trinajstić information content (AvgIpc) is 2.52. The first-order valence-corrected chi connectivity index (χ1v) is 8.08. The smallest absolute Gasteiger partial charge is 0.0574 e. The summed E-state index contributed by atoms with van der Waals surface area (Å²) in [6.07, 6.45) is 7.01. The standard InChI is InChI=1S/C18H28N2O/c1-3-4-5-12-19-15(2)16-6-8-17(9-7-16)20-13-10-18(21)11-14-20/h3-4,6-9,15,18-19,21H,5,10-14H2,1-2H3/b4-3+. The van der Waals surface area contributed by atoms with E-state index >= 15 is 0 Å². The van der Waals surface area contributed by atoms with Crippen LogP contribution in [0.25, 0.3) is 0 Å².